The van der Waals surface area contributed by atoms with Crippen LogP contribution in [0.1, 0.15) is 5.56 Å². The second-order valence-electron chi connectivity index (χ2n) is 5.60. The van der Waals surface area contributed by atoms with Crippen LogP contribution < -0.4 is 16.2 Å². The van der Waals surface area contributed by atoms with Gasteiger partial charge in [0, 0.05) is 23.6 Å². The lowest BCUT2D eigenvalue weighted by Crippen LogP contribution is -2.33. The normalized spacial score (nSPS) is 11.0. The molecule has 3 N–H and O–H groups in total. The Labute approximate surface area is 162 Å². The van der Waals surface area contributed by atoms with E-state index in [1.807, 2.05) is 0 Å². The van der Waals surface area contributed by atoms with E-state index in [0.29, 0.717) is 5.69 Å². The van der Waals surface area contributed by atoms with Crippen LogP contribution in [0.25, 0.3) is 11.1 Å². The van der Waals surface area contributed by atoms with Crippen LogP contribution in [0.2, 0.25) is 5.02 Å². The number of aromatic nitrogens is 2. The molecule has 0 bridgehead atoms. The van der Waals surface area contributed by atoms with Gasteiger partial charge in [-0.2, -0.15) is 13.2 Å². The van der Waals surface area contributed by atoms with E-state index in [1.54, 1.807) is 36.7 Å². The summed E-state index contributed by atoms with van der Waals surface area (Å²) in [5.41, 5.74) is 6.22. The number of rotatable bonds is 4. The van der Waals surface area contributed by atoms with Crippen LogP contribution in [-0.4, -0.2) is 16.0 Å². The van der Waals surface area contributed by atoms with Gasteiger partial charge in [0.1, 0.15) is 6.33 Å². The highest BCUT2D eigenvalue weighted by Gasteiger charge is 2.33. The maximum atomic E-state index is 12.9. The van der Waals surface area contributed by atoms with Gasteiger partial charge in [-0.25, -0.2) is 14.8 Å². The minimum atomic E-state index is -4.62. The number of hydrazine groups is 1. The van der Waals surface area contributed by atoms with Crippen molar-refractivity contribution in [2.24, 2.45) is 0 Å². The predicted octanol–water partition coefficient (Wildman–Crippen LogP) is 4.96. The van der Waals surface area contributed by atoms with E-state index in [4.69, 9.17) is 11.6 Å². The minimum absolute atomic E-state index is 0.0459. The van der Waals surface area contributed by atoms with Crippen LogP contribution in [0, 0.1) is 0 Å². The number of anilines is 2. The molecule has 0 saturated heterocycles. The molecule has 1 heterocycles. The fourth-order valence-electron chi connectivity index (χ4n) is 2.31. The van der Waals surface area contributed by atoms with Crippen molar-refractivity contribution in [3.63, 3.8) is 0 Å². The first-order valence-electron chi connectivity index (χ1n) is 7.88. The van der Waals surface area contributed by atoms with Gasteiger partial charge < -0.3 is 5.32 Å². The van der Waals surface area contributed by atoms with Crippen LogP contribution in [0.4, 0.5) is 29.3 Å². The standard InChI is InChI=1S/C18H13ClF3N5O/c19-16-6-5-14(7-15(16)18(20,21)22)25-17(28)27-26-13-3-1-11(2-4-13)12-8-23-10-24-9-12/h1-10,26H,(H2,25,27,28). The predicted molar refractivity (Wildman–Crippen MR) is 99.7 cm³/mol. The number of carbonyl (C=O) groups is 1. The van der Waals surface area contributed by atoms with E-state index in [2.05, 4.69) is 26.1 Å². The summed E-state index contributed by atoms with van der Waals surface area (Å²) in [5, 5.41) is 1.86. The van der Waals surface area contributed by atoms with Crippen LogP contribution in [0.5, 0.6) is 0 Å². The molecule has 0 spiro atoms. The van der Waals surface area contributed by atoms with E-state index in [9.17, 15) is 18.0 Å². The number of urea groups is 1. The Balaban J connectivity index is 1.59. The zero-order valence-corrected chi connectivity index (χ0v) is 14.8. The quantitative estimate of drug-likeness (QED) is 0.534. The molecular weight excluding hydrogens is 395 g/mol. The van der Waals surface area contributed by atoms with Crippen molar-refractivity contribution in [3.05, 3.63) is 71.8 Å². The number of benzene rings is 2. The molecule has 3 rings (SSSR count). The zero-order valence-electron chi connectivity index (χ0n) is 14.1. The molecule has 0 aliphatic carbocycles. The fraction of sp³-hybridized carbons (Fsp3) is 0.0556. The number of hydrogen-bond donors (Lipinski definition) is 3. The van der Waals surface area contributed by atoms with Crippen molar-refractivity contribution < 1.29 is 18.0 Å². The Kier molecular flexibility index (Phi) is 5.65. The fourth-order valence-corrected chi connectivity index (χ4v) is 2.53. The first-order valence-corrected chi connectivity index (χ1v) is 8.26. The lowest BCUT2D eigenvalue weighted by molar-refractivity contribution is -0.137. The van der Waals surface area contributed by atoms with Crippen LogP contribution in [-0.2, 0) is 6.18 Å². The number of nitrogens with one attached hydrogen (secondary N) is 3. The van der Waals surface area contributed by atoms with Crippen LogP contribution >= 0.6 is 11.6 Å². The molecule has 0 radical (unpaired) electrons. The molecule has 6 nitrogen and oxygen atoms in total. The zero-order chi connectivity index (χ0) is 20.1. The van der Waals surface area contributed by atoms with E-state index in [1.165, 1.54) is 12.4 Å². The number of amides is 2. The van der Waals surface area contributed by atoms with Gasteiger partial charge in [0.25, 0.3) is 0 Å². The van der Waals surface area contributed by atoms with E-state index < -0.39 is 22.8 Å². The van der Waals surface area contributed by atoms with Gasteiger partial charge in [-0.3, -0.25) is 10.9 Å². The Morgan fingerprint density at radius 2 is 1.57 bits per heavy atom. The third-order valence-corrected chi connectivity index (χ3v) is 3.96. The summed E-state index contributed by atoms with van der Waals surface area (Å²) in [5.74, 6) is 0. The molecule has 0 saturated carbocycles. The van der Waals surface area contributed by atoms with Crippen molar-refractivity contribution in [1.82, 2.24) is 15.4 Å². The summed E-state index contributed by atoms with van der Waals surface area (Å²) >= 11 is 5.55. The second-order valence-corrected chi connectivity index (χ2v) is 6.01. The molecule has 2 amide bonds. The average Bonchev–Trinajstić information content (AvgIpc) is 2.68. The Morgan fingerprint density at radius 1 is 0.929 bits per heavy atom. The number of carbonyl (C=O) groups excluding carboxylic acids is 1. The van der Waals surface area contributed by atoms with Gasteiger partial charge in [0.05, 0.1) is 16.3 Å². The Hall–Kier alpha value is -3.33. The smallest absolute Gasteiger partial charge is 0.307 e. The summed E-state index contributed by atoms with van der Waals surface area (Å²) < 4.78 is 38.6. The van der Waals surface area contributed by atoms with Gasteiger partial charge in [0.15, 0.2) is 0 Å². The lowest BCUT2D eigenvalue weighted by Gasteiger charge is -2.13. The van der Waals surface area contributed by atoms with Gasteiger partial charge >= 0.3 is 12.2 Å². The molecule has 1 aromatic heterocycles. The van der Waals surface area contributed by atoms with Crippen molar-refractivity contribution in [1.29, 1.82) is 0 Å². The second kappa shape index (κ2) is 8.13. The Morgan fingerprint density at radius 3 is 2.21 bits per heavy atom. The third kappa shape index (κ3) is 4.89. The van der Waals surface area contributed by atoms with Gasteiger partial charge in [-0.15, -0.1) is 0 Å². The van der Waals surface area contributed by atoms with Gasteiger partial charge in [-0.05, 0) is 35.9 Å². The summed E-state index contributed by atoms with van der Waals surface area (Å²) in [6, 6.07) is 9.40. The van der Waals surface area contributed by atoms with E-state index >= 15 is 0 Å². The lowest BCUT2D eigenvalue weighted by atomic mass is 10.1. The molecule has 2 aromatic carbocycles. The molecule has 0 aliphatic rings. The number of halogens is 4. The molecule has 28 heavy (non-hydrogen) atoms. The molecule has 0 fully saturated rings. The molecule has 0 aliphatic heterocycles. The van der Waals surface area contributed by atoms with Gasteiger partial charge in [-0.1, -0.05) is 23.7 Å². The molecule has 144 valence electrons. The number of alkyl halides is 3. The number of hydrogen-bond acceptors (Lipinski definition) is 4. The van der Waals surface area contributed by atoms with Crippen molar-refractivity contribution in [3.8, 4) is 11.1 Å². The van der Waals surface area contributed by atoms with Crippen molar-refractivity contribution in [2.75, 3.05) is 10.7 Å². The highest BCUT2D eigenvalue weighted by atomic mass is 35.5. The molecule has 0 unspecified atom stereocenters. The highest BCUT2D eigenvalue weighted by Crippen LogP contribution is 2.36. The average molecular weight is 408 g/mol. The van der Waals surface area contributed by atoms with Crippen molar-refractivity contribution >= 4 is 29.0 Å². The SMILES string of the molecule is O=C(NNc1ccc(-c2cncnc2)cc1)Nc1ccc(Cl)c(C(F)(F)F)c1. The maximum absolute atomic E-state index is 12.9. The van der Waals surface area contributed by atoms with E-state index in [-0.39, 0.29) is 5.69 Å². The summed E-state index contributed by atoms with van der Waals surface area (Å²) in [4.78, 5) is 19.8. The minimum Gasteiger partial charge on any atom is -0.307 e. The molecule has 10 heteroatoms. The topological polar surface area (TPSA) is 78.9 Å². The highest BCUT2D eigenvalue weighted by molar-refractivity contribution is 6.31. The summed E-state index contributed by atoms with van der Waals surface area (Å²) in [7, 11) is 0. The largest absolute Gasteiger partial charge is 0.417 e. The third-order valence-electron chi connectivity index (χ3n) is 3.63. The summed E-state index contributed by atoms with van der Waals surface area (Å²) in [6.07, 6.45) is 0.153. The molecular formula is C18H13ClF3N5O. The first kappa shape index (κ1) is 19.4. The first-order chi connectivity index (χ1) is 13.3. The molecule has 0 atom stereocenters. The maximum Gasteiger partial charge on any atom is 0.417 e. The van der Waals surface area contributed by atoms with E-state index in [0.717, 1.165) is 23.3 Å². The van der Waals surface area contributed by atoms with Crippen LogP contribution in [0.15, 0.2) is 61.2 Å². The van der Waals surface area contributed by atoms with Crippen LogP contribution in [0.3, 0.4) is 0 Å². The van der Waals surface area contributed by atoms with Gasteiger partial charge in [0.2, 0.25) is 0 Å². The van der Waals surface area contributed by atoms with Crippen molar-refractivity contribution in [2.45, 2.75) is 6.18 Å². The number of nitrogens with zero attached hydrogens (tertiary/aromatic N) is 2. The monoisotopic (exact) mass is 407 g/mol. The molecule has 3 aromatic rings. The summed E-state index contributed by atoms with van der Waals surface area (Å²) in [6.45, 7) is 0. The Bertz CT molecular complexity index is 965.